The van der Waals surface area contributed by atoms with Gasteiger partial charge < -0.3 is 15.6 Å². The Morgan fingerprint density at radius 2 is 1.77 bits per heavy atom. The van der Waals surface area contributed by atoms with Crippen molar-refractivity contribution in [2.45, 2.75) is 0 Å². The van der Waals surface area contributed by atoms with E-state index in [1.807, 2.05) is 6.07 Å². The first kappa shape index (κ1) is 17.6. The molecule has 0 aliphatic heterocycles. The Kier molecular flexibility index (Phi) is 5.76. The fourth-order valence-electron chi connectivity index (χ4n) is 2.17. The second-order valence-electron chi connectivity index (χ2n) is 4.63. The summed E-state index contributed by atoms with van der Waals surface area (Å²) in [5.41, 5.74) is 8.40. The molecule has 3 rings (SSSR count). The molecule has 0 saturated heterocycles. The second-order valence-corrected chi connectivity index (χ2v) is 5.54. The summed E-state index contributed by atoms with van der Waals surface area (Å²) in [6, 6.07) is 14.0. The topological polar surface area (TPSA) is 79.0 Å². The van der Waals surface area contributed by atoms with E-state index in [1.165, 1.54) is 6.07 Å². The van der Waals surface area contributed by atoms with E-state index < -0.39 is 5.97 Å². The first-order valence-electron chi connectivity index (χ1n) is 6.22. The molecule has 6 heteroatoms. The van der Waals surface area contributed by atoms with Gasteiger partial charge in [-0.2, -0.15) is 0 Å². The Balaban J connectivity index is 0.00000176. The van der Waals surface area contributed by atoms with Crippen LogP contribution in [0.2, 0.25) is 0 Å². The van der Waals surface area contributed by atoms with Crippen molar-refractivity contribution in [1.82, 2.24) is 4.98 Å². The van der Waals surface area contributed by atoms with E-state index in [0.717, 1.165) is 10.0 Å². The van der Waals surface area contributed by atoms with Gasteiger partial charge in [0.1, 0.15) is 0 Å². The quantitative estimate of drug-likeness (QED) is 0.485. The van der Waals surface area contributed by atoms with Gasteiger partial charge in [-0.1, -0.05) is 28.1 Å². The van der Waals surface area contributed by atoms with Crippen molar-refractivity contribution in [3.63, 3.8) is 0 Å². The van der Waals surface area contributed by atoms with Gasteiger partial charge in [0, 0.05) is 26.7 Å². The Morgan fingerprint density at radius 3 is 2.41 bits per heavy atom. The summed E-state index contributed by atoms with van der Waals surface area (Å²) < 4.78 is 0.791. The third-order valence-electron chi connectivity index (χ3n) is 3.20. The number of hydrogen-bond acceptors (Lipinski definition) is 4. The van der Waals surface area contributed by atoms with Crippen LogP contribution >= 0.6 is 15.9 Å². The van der Waals surface area contributed by atoms with Gasteiger partial charge in [-0.15, -0.1) is 0 Å². The molecule has 22 heavy (non-hydrogen) atoms. The molecule has 0 amide bonds. The molecule has 2 N–H and O–H groups in total. The molecule has 0 spiro atoms. The van der Waals surface area contributed by atoms with Crippen LogP contribution in [0.1, 0.15) is 10.4 Å². The average Bonchev–Trinajstić information content (AvgIpc) is 2.46. The number of benzene rings is 2. The number of carboxylic acids is 1. The zero-order valence-electron chi connectivity index (χ0n) is 11.8. The number of hydrogen-bond donors (Lipinski definition) is 1. The van der Waals surface area contributed by atoms with Crippen LogP contribution in [0.15, 0.2) is 53.0 Å². The van der Waals surface area contributed by atoms with Crippen LogP contribution in [0.3, 0.4) is 0 Å². The van der Waals surface area contributed by atoms with Crippen molar-refractivity contribution in [3.8, 4) is 11.3 Å². The molecule has 104 valence electrons. The number of nitrogen functional groups attached to an aromatic ring is 1. The number of anilines is 1. The molecule has 0 fully saturated rings. The van der Waals surface area contributed by atoms with Crippen LogP contribution in [0.4, 0.5) is 5.69 Å². The summed E-state index contributed by atoms with van der Waals surface area (Å²) in [5.74, 6) is -1.22. The Hall–Kier alpha value is -0.764. The van der Waals surface area contributed by atoms with Crippen LogP contribution in [0, 0.1) is 0 Å². The van der Waals surface area contributed by atoms with Gasteiger partial charge in [0.05, 0.1) is 17.2 Å². The number of nitrogens with two attached hydrogens (primary N) is 1. The molecule has 0 saturated carbocycles. The van der Waals surface area contributed by atoms with E-state index in [4.69, 9.17) is 5.73 Å². The molecule has 0 unspecified atom stereocenters. The van der Waals surface area contributed by atoms with Crippen molar-refractivity contribution in [3.05, 3.63) is 58.6 Å². The van der Waals surface area contributed by atoms with Gasteiger partial charge in [0.15, 0.2) is 0 Å². The maximum absolute atomic E-state index is 11.4. The van der Waals surface area contributed by atoms with Gasteiger partial charge in [-0.3, -0.25) is 0 Å². The predicted molar refractivity (Wildman–Crippen MR) is 83.6 cm³/mol. The smallest absolute Gasteiger partial charge is 0.545 e. The average molecular weight is 381 g/mol. The van der Waals surface area contributed by atoms with E-state index in [9.17, 15) is 9.90 Å². The number of rotatable bonds is 2. The minimum absolute atomic E-state index is 0. The van der Waals surface area contributed by atoms with E-state index in [0.29, 0.717) is 22.3 Å². The zero-order chi connectivity index (χ0) is 15.0. The molecular formula is C16H10BrKN2O2. The van der Waals surface area contributed by atoms with Gasteiger partial charge in [0.25, 0.3) is 0 Å². The predicted octanol–water partition coefficient (Wildman–Crippen LogP) is -0.386. The molecule has 0 aliphatic carbocycles. The monoisotopic (exact) mass is 380 g/mol. The van der Waals surface area contributed by atoms with Crippen LogP contribution < -0.4 is 62.2 Å². The normalized spacial score (nSPS) is 10.2. The molecule has 4 nitrogen and oxygen atoms in total. The number of nitrogens with zero attached hydrogens (tertiary/aromatic N) is 1. The van der Waals surface area contributed by atoms with Crippen molar-refractivity contribution in [2.24, 2.45) is 0 Å². The zero-order valence-corrected chi connectivity index (χ0v) is 16.5. The van der Waals surface area contributed by atoms with Crippen molar-refractivity contribution in [2.75, 3.05) is 5.73 Å². The summed E-state index contributed by atoms with van der Waals surface area (Å²) in [5, 5.41) is 11.9. The van der Waals surface area contributed by atoms with Gasteiger partial charge >= 0.3 is 51.4 Å². The summed E-state index contributed by atoms with van der Waals surface area (Å²) in [7, 11) is 0. The van der Waals surface area contributed by atoms with Crippen LogP contribution in [-0.4, -0.2) is 11.0 Å². The van der Waals surface area contributed by atoms with E-state index in [2.05, 4.69) is 20.9 Å². The summed E-state index contributed by atoms with van der Waals surface area (Å²) >= 11 is 3.33. The molecule has 0 radical (unpaired) electrons. The number of halogens is 1. The Morgan fingerprint density at radius 1 is 1.09 bits per heavy atom. The number of carboxylic acid groups (broad SMARTS) is 1. The van der Waals surface area contributed by atoms with E-state index >= 15 is 0 Å². The number of carbonyl (C=O) groups is 1. The number of fused-ring (bicyclic) bond motifs is 1. The number of carbonyl (C=O) groups excluding carboxylic acids is 1. The van der Waals surface area contributed by atoms with Gasteiger partial charge in [0.2, 0.25) is 0 Å². The first-order chi connectivity index (χ1) is 10.0. The van der Waals surface area contributed by atoms with E-state index in [-0.39, 0.29) is 56.9 Å². The third-order valence-corrected chi connectivity index (χ3v) is 3.69. The van der Waals surface area contributed by atoms with Crippen LogP contribution in [-0.2, 0) is 0 Å². The Bertz CT molecular complexity index is 851. The van der Waals surface area contributed by atoms with Crippen LogP contribution in [0.25, 0.3) is 22.2 Å². The SMILES string of the molecule is Nc1ccc(-c2cc(C(=O)[O-])c3cc(Br)ccc3n2)cc1.[K+]. The summed E-state index contributed by atoms with van der Waals surface area (Å²) in [6.45, 7) is 0. The fourth-order valence-corrected chi connectivity index (χ4v) is 2.53. The first-order valence-corrected chi connectivity index (χ1v) is 7.01. The number of pyridine rings is 1. The maximum Gasteiger partial charge on any atom is 1.00 e. The minimum Gasteiger partial charge on any atom is -0.545 e. The van der Waals surface area contributed by atoms with Crippen molar-refractivity contribution >= 4 is 38.5 Å². The van der Waals surface area contributed by atoms with Gasteiger partial charge in [-0.25, -0.2) is 4.98 Å². The fraction of sp³-hybridized carbons (Fsp3) is 0. The number of aromatic nitrogens is 1. The van der Waals surface area contributed by atoms with Gasteiger partial charge in [-0.05, 0) is 36.4 Å². The van der Waals surface area contributed by atoms with Crippen LogP contribution in [0.5, 0.6) is 0 Å². The molecule has 0 bridgehead atoms. The molecule has 2 aromatic carbocycles. The van der Waals surface area contributed by atoms with E-state index in [1.54, 1.807) is 36.4 Å². The number of aromatic carboxylic acids is 1. The summed E-state index contributed by atoms with van der Waals surface area (Å²) in [4.78, 5) is 15.9. The van der Waals surface area contributed by atoms with Crippen molar-refractivity contribution in [1.29, 1.82) is 0 Å². The molecule has 1 aromatic heterocycles. The molecule has 0 aliphatic rings. The minimum atomic E-state index is -1.22. The second kappa shape index (κ2) is 7.21. The van der Waals surface area contributed by atoms with Crippen molar-refractivity contribution < 1.29 is 61.3 Å². The maximum atomic E-state index is 11.4. The largest absolute Gasteiger partial charge is 1.00 e. The standard InChI is InChI=1S/C16H11BrN2O2.K/c17-10-3-6-14-12(7-10)13(16(20)21)8-15(19-14)9-1-4-11(18)5-2-9;/h1-8H,18H2,(H,20,21);/q;+1/p-1. The molecule has 1 heterocycles. The molecule has 3 aromatic rings. The molecule has 0 atom stereocenters. The third kappa shape index (κ3) is 3.59. The molecular weight excluding hydrogens is 371 g/mol. The summed E-state index contributed by atoms with van der Waals surface area (Å²) in [6.07, 6.45) is 0. The Labute approximate surface area is 178 Å².